The van der Waals surface area contributed by atoms with E-state index in [4.69, 9.17) is 10.5 Å². The standard InChI is InChI=1S/C14H22N4O3/c1-3-17-9-11(15)13(16-17)14(20)18-7-5-4-6-10(18)8-12(19)21-2/h9-10H,3-8,15H2,1-2H3. The number of nitrogens with zero attached hydrogens (tertiary/aromatic N) is 3. The third-order valence-electron chi connectivity index (χ3n) is 3.83. The number of carbonyl (C=O) groups excluding carboxylic acids is 2. The van der Waals surface area contributed by atoms with Crippen LogP contribution in [0.2, 0.25) is 0 Å². The number of methoxy groups -OCH3 is 1. The average molecular weight is 294 g/mol. The molecule has 2 heterocycles. The van der Waals surface area contributed by atoms with Crippen molar-refractivity contribution < 1.29 is 14.3 Å². The molecule has 1 aromatic heterocycles. The van der Waals surface area contributed by atoms with E-state index >= 15 is 0 Å². The van der Waals surface area contributed by atoms with E-state index in [1.165, 1.54) is 7.11 Å². The highest BCUT2D eigenvalue weighted by Gasteiger charge is 2.31. The van der Waals surface area contributed by atoms with E-state index in [1.54, 1.807) is 15.8 Å². The lowest BCUT2D eigenvalue weighted by molar-refractivity contribution is -0.142. The fraction of sp³-hybridized carbons (Fsp3) is 0.643. The summed E-state index contributed by atoms with van der Waals surface area (Å²) in [7, 11) is 1.36. The predicted octanol–water partition coefficient (Wildman–Crippen LogP) is 1.04. The minimum absolute atomic E-state index is 0.134. The molecule has 1 aliphatic rings. The topological polar surface area (TPSA) is 90.5 Å². The van der Waals surface area contributed by atoms with Gasteiger partial charge in [0.15, 0.2) is 5.69 Å². The van der Waals surface area contributed by atoms with Crippen LogP contribution in [0.4, 0.5) is 5.69 Å². The molecule has 7 heteroatoms. The molecule has 7 nitrogen and oxygen atoms in total. The van der Waals surface area contributed by atoms with Gasteiger partial charge in [0, 0.05) is 25.3 Å². The number of ether oxygens (including phenoxy) is 1. The summed E-state index contributed by atoms with van der Waals surface area (Å²) in [4.78, 5) is 25.9. The van der Waals surface area contributed by atoms with E-state index in [0.29, 0.717) is 18.8 Å². The molecule has 1 aromatic rings. The van der Waals surface area contributed by atoms with E-state index < -0.39 is 0 Å². The second-order valence-corrected chi connectivity index (χ2v) is 5.22. The summed E-state index contributed by atoms with van der Waals surface area (Å²) in [6.07, 6.45) is 4.61. The van der Waals surface area contributed by atoms with Crippen molar-refractivity contribution in [2.45, 2.75) is 45.2 Å². The van der Waals surface area contributed by atoms with Crippen LogP contribution in [-0.4, -0.2) is 46.3 Å². The minimum atomic E-state index is -0.299. The van der Waals surface area contributed by atoms with Crippen LogP contribution in [0.1, 0.15) is 43.1 Å². The fourth-order valence-electron chi connectivity index (χ4n) is 2.66. The summed E-state index contributed by atoms with van der Waals surface area (Å²) < 4.78 is 6.35. The highest BCUT2D eigenvalue weighted by Crippen LogP contribution is 2.23. The molecule has 2 N–H and O–H groups in total. The summed E-state index contributed by atoms with van der Waals surface area (Å²) in [5.74, 6) is -0.500. The van der Waals surface area contributed by atoms with Crippen LogP contribution >= 0.6 is 0 Å². The number of aromatic nitrogens is 2. The SMILES string of the molecule is CCn1cc(N)c(C(=O)N2CCCCC2CC(=O)OC)n1. The molecule has 0 aromatic carbocycles. The second kappa shape index (κ2) is 6.60. The zero-order valence-electron chi connectivity index (χ0n) is 12.5. The molecule has 1 aliphatic heterocycles. The Morgan fingerprint density at radius 1 is 1.48 bits per heavy atom. The first-order chi connectivity index (χ1) is 10.1. The Bertz CT molecular complexity index is 526. The Hall–Kier alpha value is -2.05. The normalized spacial score (nSPS) is 18.6. The lowest BCUT2D eigenvalue weighted by atomic mass is 9.99. The first-order valence-electron chi connectivity index (χ1n) is 7.27. The van der Waals surface area contributed by atoms with Gasteiger partial charge in [-0.3, -0.25) is 14.3 Å². The van der Waals surface area contributed by atoms with Crippen LogP contribution in [0.25, 0.3) is 0 Å². The Balaban J connectivity index is 2.17. The number of carbonyl (C=O) groups is 2. The minimum Gasteiger partial charge on any atom is -0.469 e. The van der Waals surface area contributed by atoms with Gasteiger partial charge in [0.25, 0.3) is 5.91 Å². The summed E-state index contributed by atoms with van der Waals surface area (Å²) >= 11 is 0. The monoisotopic (exact) mass is 294 g/mol. The van der Waals surface area contributed by atoms with Gasteiger partial charge < -0.3 is 15.4 Å². The van der Waals surface area contributed by atoms with Crippen LogP contribution in [0.15, 0.2) is 6.20 Å². The number of likely N-dealkylation sites (tertiary alicyclic amines) is 1. The van der Waals surface area contributed by atoms with Crippen molar-refractivity contribution in [2.75, 3.05) is 19.4 Å². The molecule has 116 valence electrons. The first-order valence-corrected chi connectivity index (χ1v) is 7.27. The third-order valence-corrected chi connectivity index (χ3v) is 3.83. The van der Waals surface area contributed by atoms with Crippen LogP contribution in [0.5, 0.6) is 0 Å². The number of rotatable bonds is 4. The zero-order valence-corrected chi connectivity index (χ0v) is 12.5. The Kier molecular flexibility index (Phi) is 4.82. The Morgan fingerprint density at radius 3 is 2.86 bits per heavy atom. The molecule has 1 saturated heterocycles. The smallest absolute Gasteiger partial charge is 0.307 e. The van der Waals surface area contributed by atoms with Gasteiger partial charge in [0.1, 0.15) is 0 Å². The number of hydrogen-bond donors (Lipinski definition) is 1. The van der Waals surface area contributed by atoms with Crippen LogP contribution in [0, 0.1) is 0 Å². The Morgan fingerprint density at radius 2 is 2.24 bits per heavy atom. The number of esters is 1. The lowest BCUT2D eigenvalue weighted by Gasteiger charge is -2.34. The summed E-state index contributed by atoms with van der Waals surface area (Å²) in [5, 5.41) is 4.22. The molecule has 0 radical (unpaired) electrons. The van der Waals surface area contributed by atoms with E-state index in [-0.39, 0.29) is 30.0 Å². The first kappa shape index (κ1) is 15.3. The van der Waals surface area contributed by atoms with Crippen molar-refractivity contribution >= 4 is 17.6 Å². The predicted molar refractivity (Wildman–Crippen MR) is 77.6 cm³/mol. The van der Waals surface area contributed by atoms with Crippen molar-refractivity contribution in [3.05, 3.63) is 11.9 Å². The number of nitrogen functional groups attached to an aromatic ring is 1. The summed E-state index contributed by atoms with van der Waals surface area (Å²) in [5.41, 5.74) is 6.53. The molecule has 1 unspecified atom stereocenters. The second-order valence-electron chi connectivity index (χ2n) is 5.22. The van der Waals surface area contributed by atoms with Crippen molar-refractivity contribution in [2.24, 2.45) is 0 Å². The summed E-state index contributed by atoms with van der Waals surface area (Å²) in [6, 6.07) is -0.134. The maximum Gasteiger partial charge on any atom is 0.307 e. The van der Waals surface area contributed by atoms with Crippen molar-refractivity contribution in [1.82, 2.24) is 14.7 Å². The number of amides is 1. The molecule has 2 rings (SSSR count). The van der Waals surface area contributed by atoms with Crippen LogP contribution in [0.3, 0.4) is 0 Å². The zero-order chi connectivity index (χ0) is 15.4. The van der Waals surface area contributed by atoms with Gasteiger partial charge in [-0.25, -0.2) is 0 Å². The van der Waals surface area contributed by atoms with Crippen molar-refractivity contribution in [3.8, 4) is 0 Å². The molecule has 0 spiro atoms. The van der Waals surface area contributed by atoms with E-state index in [0.717, 1.165) is 19.3 Å². The number of aryl methyl sites for hydroxylation is 1. The van der Waals surface area contributed by atoms with E-state index in [9.17, 15) is 9.59 Å². The largest absolute Gasteiger partial charge is 0.469 e. The van der Waals surface area contributed by atoms with E-state index in [1.807, 2.05) is 6.92 Å². The van der Waals surface area contributed by atoms with Gasteiger partial charge in [0.2, 0.25) is 0 Å². The van der Waals surface area contributed by atoms with Crippen LogP contribution in [-0.2, 0) is 16.1 Å². The van der Waals surface area contributed by atoms with Gasteiger partial charge in [0.05, 0.1) is 19.2 Å². The van der Waals surface area contributed by atoms with E-state index in [2.05, 4.69) is 5.10 Å². The van der Waals surface area contributed by atoms with Gasteiger partial charge in [-0.2, -0.15) is 5.10 Å². The molecule has 1 fully saturated rings. The molecule has 0 bridgehead atoms. The number of anilines is 1. The molecule has 0 aliphatic carbocycles. The van der Waals surface area contributed by atoms with Gasteiger partial charge in [-0.05, 0) is 26.2 Å². The maximum atomic E-state index is 12.6. The molecule has 1 amide bonds. The summed E-state index contributed by atoms with van der Waals surface area (Å²) in [6.45, 7) is 3.21. The molecule has 0 saturated carbocycles. The van der Waals surface area contributed by atoms with Gasteiger partial charge >= 0.3 is 5.97 Å². The van der Waals surface area contributed by atoms with Gasteiger partial charge in [-0.15, -0.1) is 0 Å². The highest BCUT2D eigenvalue weighted by molar-refractivity contribution is 5.97. The average Bonchev–Trinajstić information content (AvgIpc) is 2.88. The number of hydrogen-bond acceptors (Lipinski definition) is 5. The quantitative estimate of drug-likeness (QED) is 0.838. The highest BCUT2D eigenvalue weighted by atomic mass is 16.5. The number of nitrogens with two attached hydrogens (primary N) is 1. The lowest BCUT2D eigenvalue weighted by Crippen LogP contribution is -2.45. The molecular weight excluding hydrogens is 272 g/mol. The number of piperidine rings is 1. The van der Waals surface area contributed by atoms with Crippen molar-refractivity contribution in [1.29, 1.82) is 0 Å². The van der Waals surface area contributed by atoms with Gasteiger partial charge in [-0.1, -0.05) is 0 Å². The molecular formula is C14H22N4O3. The Labute approximate surface area is 124 Å². The maximum absolute atomic E-state index is 12.6. The molecule has 21 heavy (non-hydrogen) atoms. The fourth-order valence-corrected chi connectivity index (χ4v) is 2.66. The van der Waals surface area contributed by atoms with Crippen molar-refractivity contribution in [3.63, 3.8) is 0 Å². The van der Waals surface area contributed by atoms with Crippen LogP contribution < -0.4 is 5.73 Å². The molecule has 1 atom stereocenters. The third kappa shape index (κ3) is 3.34.